The summed E-state index contributed by atoms with van der Waals surface area (Å²) in [7, 11) is 0. The number of piperidine rings is 1. The Balaban J connectivity index is 1.31. The molecule has 2 aromatic carbocycles. The number of imidazole rings is 1. The van der Waals surface area contributed by atoms with Crippen LogP contribution in [-0.2, 0) is 6.54 Å². The summed E-state index contributed by atoms with van der Waals surface area (Å²) in [5.41, 5.74) is 2.56. The lowest BCUT2D eigenvalue weighted by Crippen LogP contribution is -2.39. The molecule has 172 valence electrons. The van der Waals surface area contributed by atoms with E-state index in [1.54, 1.807) is 30.7 Å². The Hall–Kier alpha value is -4.00. The molecular formula is C27H25FN4O2. The molecule has 1 fully saturated rings. The monoisotopic (exact) mass is 456 g/mol. The van der Waals surface area contributed by atoms with E-state index in [-0.39, 0.29) is 17.6 Å². The van der Waals surface area contributed by atoms with Crippen LogP contribution in [0.25, 0.3) is 0 Å². The summed E-state index contributed by atoms with van der Waals surface area (Å²) in [4.78, 5) is 24.2. The van der Waals surface area contributed by atoms with E-state index in [1.807, 2.05) is 52.1 Å². The van der Waals surface area contributed by atoms with Crippen LogP contribution < -0.4 is 4.74 Å². The first-order valence-electron chi connectivity index (χ1n) is 11.4. The maximum atomic E-state index is 13.5. The van der Waals surface area contributed by atoms with Gasteiger partial charge in [0, 0.05) is 61.3 Å². The summed E-state index contributed by atoms with van der Waals surface area (Å²) in [5, 5.41) is 0. The summed E-state index contributed by atoms with van der Waals surface area (Å²) >= 11 is 0. The highest BCUT2D eigenvalue weighted by Gasteiger charge is 2.27. The fraction of sp³-hybridized carbons (Fsp3) is 0.222. The molecule has 0 bridgehead atoms. The SMILES string of the molecule is O=C(c1ccccc1Cn1ccnc1)N1CCC[C@@H](c2cccc(Oc3cccc(F)c3)n2)C1. The van der Waals surface area contributed by atoms with Crippen LogP contribution in [0, 0.1) is 5.82 Å². The van der Waals surface area contributed by atoms with Crippen LogP contribution in [0.2, 0.25) is 0 Å². The molecule has 0 unspecified atom stereocenters. The van der Waals surface area contributed by atoms with Gasteiger partial charge in [-0.05, 0) is 42.7 Å². The normalized spacial score (nSPS) is 15.8. The molecular weight excluding hydrogens is 431 g/mol. The number of amides is 1. The van der Waals surface area contributed by atoms with Crippen molar-refractivity contribution in [2.24, 2.45) is 0 Å². The maximum Gasteiger partial charge on any atom is 0.254 e. The minimum absolute atomic E-state index is 0.0348. The van der Waals surface area contributed by atoms with Crippen molar-refractivity contribution < 1.29 is 13.9 Å². The Labute approximate surface area is 197 Å². The van der Waals surface area contributed by atoms with Gasteiger partial charge in [-0.25, -0.2) is 14.4 Å². The number of hydrogen-bond acceptors (Lipinski definition) is 4. The van der Waals surface area contributed by atoms with Gasteiger partial charge in [0.25, 0.3) is 5.91 Å². The quantitative estimate of drug-likeness (QED) is 0.396. The molecule has 0 aliphatic carbocycles. The molecule has 0 radical (unpaired) electrons. The van der Waals surface area contributed by atoms with Crippen LogP contribution in [0.3, 0.4) is 0 Å². The number of hydrogen-bond donors (Lipinski definition) is 0. The average molecular weight is 457 g/mol. The van der Waals surface area contributed by atoms with Gasteiger partial charge in [-0.2, -0.15) is 0 Å². The standard InChI is InChI=1S/C27H25FN4O2/c28-22-8-3-9-23(16-22)34-26-12-4-11-25(30-26)21-7-5-14-32(18-21)27(33)24-10-2-1-6-20(24)17-31-15-13-29-19-31/h1-4,6,8-13,15-16,19,21H,5,7,14,17-18H2/t21-/m1/s1. The van der Waals surface area contributed by atoms with Gasteiger partial charge < -0.3 is 14.2 Å². The second kappa shape index (κ2) is 9.87. The fourth-order valence-corrected chi connectivity index (χ4v) is 4.38. The molecule has 5 rings (SSSR count). The van der Waals surface area contributed by atoms with Gasteiger partial charge >= 0.3 is 0 Å². The number of benzene rings is 2. The Morgan fingerprint density at radius 2 is 1.97 bits per heavy atom. The Kier molecular flexibility index (Phi) is 6.33. The van der Waals surface area contributed by atoms with E-state index in [2.05, 4.69) is 9.97 Å². The minimum atomic E-state index is -0.358. The number of carbonyl (C=O) groups excluding carboxylic acids is 1. The second-order valence-electron chi connectivity index (χ2n) is 8.44. The third kappa shape index (κ3) is 4.98. The molecule has 6 nitrogen and oxygen atoms in total. The first-order valence-corrected chi connectivity index (χ1v) is 11.4. The van der Waals surface area contributed by atoms with Crippen LogP contribution in [0.4, 0.5) is 4.39 Å². The topological polar surface area (TPSA) is 60.2 Å². The van der Waals surface area contributed by atoms with Gasteiger partial charge in [-0.1, -0.05) is 30.3 Å². The summed E-state index contributed by atoms with van der Waals surface area (Å²) in [5.74, 6) is 0.599. The summed E-state index contributed by atoms with van der Waals surface area (Å²) < 4.78 is 21.2. The maximum absolute atomic E-state index is 13.5. The van der Waals surface area contributed by atoms with E-state index in [1.165, 1.54) is 12.1 Å². The lowest BCUT2D eigenvalue weighted by molar-refractivity contribution is 0.0704. The average Bonchev–Trinajstić information content (AvgIpc) is 3.37. The number of rotatable bonds is 6. The largest absolute Gasteiger partial charge is 0.439 e. The molecule has 2 aromatic heterocycles. The molecule has 7 heteroatoms. The van der Waals surface area contributed by atoms with E-state index in [9.17, 15) is 9.18 Å². The van der Waals surface area contributed by atoms with Crippen molar-refractivity contribution in [3.8, 4) is 11.6 Å². The fourth-order valence-electron chi connectivity index (χ4n) is 4.38. The third-order valence-electron chi connectivity index (χ3n) is 6.05. The number of likely N-dealkylation sites (tertiary alicyclic amines) is 1. The zero-order valence-corrected chi connectivity index (χ0v) is 18.7. The predicted molar refractivity (Wildman–Crippen MR) is 126 cm³/mol. The van der Waals surface area contributed by atoms with E-state index in [0.717, 1.165) is 24.1 Å². The van der Waals surface area contributed by atoms with Gasteiger partial charge in [0.1, 0.15) is 11.6 Å². The van der Waals surface area contributed by atoms with Crippen molar-refractivity contribution in [2.75, 3.05) is 13.1 Å². The molecule has 3 heterocycles. The van der Waals surface area contributed by atoms with Gasteiger partial charge in [0.2, 0.25) is 5.88 Å². The van der Waals surface area contributed by atoms with E-state index >= 15 is 0 Å². The number of aromatic nitrogens is 3. The van der Waals surface area contributed by atoms with Crippen molar-refractivity contribution in [1.29, 1.82) is 0 Å². The number of nitrogens with zero attached hydrogens (tertiary/aromatic N) is 4. The first kappa shape index (κ1) is 21.8. The Morgan fingerprint density at radius 3 is 2.82 bits per heavy atom. The second-order valence-corrected chi connectivity index (χ2v) is 8.44. The molecule has 1 amide bonds. The minimum Gasteiger partial charge on any atom is -0.439 e. The van der Waals surface area contributed by atoms with Crippen molar-refractivity contribution in [3.63, 3.8) is 0 Å². The van der Waals surface area contributed by atoms with Crippen LogP contribution in [0.1, 0.15) is 40.4 Å². The van der Waals surface area contributed by atoms with Crippen molar-refractivity contribution in [1.82, 2.24) is 19.4 Å². The van der Waals surface area contributed by atoms with E-state index in [0.29, 0.717) is 36.8 Å². The highest BCUT2D eigenvalue weighted by molar-refractivity contribution is 5.95. The zero-order valence-electron chi connectivity index (χ0n) is 18.7. The molecule has 0 N–H and O–H groups in total. The molecule has 1 aliphatic rings. The van der Waals surface area contributed by atoms with Gasteiger partial charge in [0.05, 0.1) is 6.33 Å². The van der Waals surface area contributed by atoms with Crippen LogP contribution in [-0.4, -0.2) is 38.4 Å². The third-order valence-corrected chi connectivity index (χ3v) is 6.05. The highest BCUT2D eigenvalue weighted by Crippen LogP contribution is 2.29. The molecule has 0 saturated carbocycles. The predicted octanol–water partition coefficient (Wildman–Crippen LogP) is 5.28. The van der Waals surface area contributed by atoms with Crippen molar-refractivity contribution >= 4 is 5.91 Å². The van der Waals surface area contributed by atoms with Gasteiger partial charge in [-0.15, -0.1) is 0 Å². The lowest BCUT2D eigenvalue weighted by Gasteiger charge is -2.33. The molecule has 0 spiro atoms. The van der Waals surface area contributed by atoms with Gasteiger partial charge in [-0.3, -0.25) is 4.79 Å². The molecule has 4 aromatic rings. The summed E-state index contributed by atoms with van der Waals surface area (Å²) in [6, 6.07) is 19.3. The molecule has 34 heavy (non-hydrogen) atoms. The zero-order chi connectivity index (χ0) is 23.3. The molecule has 1 saturated heterocycles. The smallest absolute Gasteiger partial charge is 0.254 e. The van der Waals surface area contributed by atoms with Crippen molar-refractivity contribution in [2.45, 2.75) is 25.3 Å². The van der Waals surface area contributed by atoms with Crippen LogP contribution in [0.15, 0.2) is 85.5 Å². The van der Waals surface area contributed by atoms with Crippen molar-refractivity contribution in [3.05, 3.63) is 108 Å². The Morgan fingerprint density at radius 1 is 1.09 bits per heavy atom. The lowest BCUT2D eigenvalue weighted by atomic mass is 9.93. The van der Waals surface area contributed by atoms with Crippen LogP contribution >= 0.6 is 0 Å². The number of carbonyl (C=O) groups is 1. The van der Waals surface area contributed by atoms with E-state index < -0.39 is 0 Å². The summed E-state index contributed by atoms with van der Waals surface area (Å²) in [6.07, 6.45) is 7.22. The summed E-state index contributed by atoms with van der Waals surface area (Å²) in [6.45, 7) is 1.91. The first-order chi connectivity index (χ1) is 16.7. The molecule has 1 atom stereocenters. The highest BCUT2D eigenvalue weighted by atomic mass is 19.1. The van der Waals surface area contributed by atoms with E-state index in [4.69, 9.17) is 4.74 Å². The number of ether oxygens (including phenoxy) is 1. The number of halogens is 1. The van der Waals surface area contributed by atoms with Crippen LogP contribution in [0.5, 0.6) is 11.6 Å². The molecule has 1 aliphatic heterocycles. The van der Waals surface area contributed by atoms with Gasteiger partial charge in [0.15, 0.2) is 0 Å². The Bertz CT molecular complexity index is 1280. The number of pyridine rings is 1.